The maximum absolute atomic E-state index is 5.93. The summed E-state index contributed by atoms with van der Waals surface area (Å²) in [5.74, 6) is 0. The fourth-order valence-corrected chi connectivity index (χ4v) is 1.20. The van der Waals surface area contributed by atoms with E-state index in [-0.39, 0.29) is 0 Å². The summed E-state index contributed by atoms with van der Waals surface area (Å²) >= 11 is 5.93. The van der Waals surface area contributed by atoms with Gasteiger partial charge in [0.25, 0.3) is 0 Å². The van der Waals surface area contributed by atoms with Crippen molar-refractivity contribution in [3.63, 3.8) is 0 Å². The Kier molecular flexibility index (Phi) is 1.80. The Hall–Kier alpha value is -1.35. The van der Waals surface area contributed by atoms with E-state index in [0.717, 1.165) is 5.69 Å². The van der Waals surface area contributed by atoms with Gasteiger partial charge in [-0.1, -0.05) is 28.9 Å². The number of aromatic nitrogens is 3. The van der Waals surface area contributed by atoms with Crippen LogP contribution in [0.15, 0.2) is 36.7 Å². The van der Waals surface area contributed by atoms with Crippen LogP contribution < -0.4 is 0 Å². The molecule has 0 aliphatic rings. The molecule has 0 amide bonds. The van der Waals surface area contributed by atoms with Crippen LogP contribution in [0, 0.1) is 0 Å². The SMILES string of the molecule is Clc1ccccc1-n1ccnn1. The van der Waals surface area contributed by atoms with Crippen LogP contribution >= 0.6 is 11.6 Å². The molecule has 3 nitrogen and oxygen atoms in total. The van der Waals surface area contributed by atoms with Gasteiger partial charge in [0, 0.05) is 0 Å². The Labute approximate surface area is 74.6 Å². The molecule has 0 saturated heterocycles. The van der Waals surface area contributed by atoms with Crippen molar-refractivity contribution >= 4 is 11.6 Å². The van der Waals surface area contributed by atoms with Gasteiger partial charge in [-0.3, -0.25) is 0 Å². The van der Waals surface area contributed by atoms with Crippen LogP contribution in [-0.2, 0) is 0 Å². The molecule has 0 atom stereocenters. The Morgan fingerprint density at radius 2 is 2.08 bits per heavy atom. The minimum Gasteiger partial charge on any atom is -0.219 e. The van der Waals surface area contributed by atoms with Crippen molar-refractivity contribution in [2.24, 2.45) is 0 Å². The number of hydrogen-bond donors (Lipinski definition) is 0. The number of rotatable bonds is 1. The van der Waals surface area contributed by atoms with Gasteiger partial charge in [0.15, 0.2) is 0 Å². The number of nitrogens with zero attached hydrogens (tertiary/aromatic N) is 3. The van der Waals surface area contributed by atoms with Crippen LogP contribution in [0.25, 0.3) is 5.69 Å². The number of benzene rings is 1. The minimum atomic E-state index is 0.669. The van der Waals surface area contributed by atoms with E-state index >= 15 is 0 Å². The number of hydrogen-bond acceptors (Lipinski definition) is 2. The zero-order chi connectivity index (χ0) is 8.39. The monoisotopic (exact) mass is 179 g/mol. The first kappa shape index (κ1) is 7.31. The maximum Gasteiger partial charge on any atom is 0.0849 e. The maximum atomic E-state index is 5.93. The normalized spacial score (nSPS) is 10.1. The van der Waals surface area contributed by atoms with E-state index in [1.54, 1.807) is 17.1 Å². The van der Waals surface area contributed by atoms with E-state index in [4.69, 9.17) is 11.6 Å². The molecule has 0 N–H and O–H groups in total. The lowest BCUT2D eigenvalue weighted by Crippen LogP contribution is -1.95. The molecule has 1 aromatic heterocycles. The molecule has 4 heteroatoms. The number of halogens is 1. The predicted octanol–water partition coefficient (Wildman–Crippen LogP) is 1.92. The minimum absolute atomic E-state index is 0.669. The van der Waals surface area contributed by atoms with Crippen LogP contribution in [0.1, 0.15) is 0 Å². The first-order chi connectivity index (χ1) is 5.88. The van der Waals surface area contributed by atoms with Crippen LogP contribution in [0.5, 0.6) is 0 Å². The summed E-state index contributed by atoms with van der Waals surface area (Å²) < 4.78 is 1.63. The molecule has 0 aliphatic heterocycles. The third-order valence-corrected chi connectivity index (χ3v) is 1.84. The van der Waals surface area contributed by atoms with Gasteiger partial charge in [-0.05, 0) is 12.1 Å². The van der Waals surface area contributed by atoms with E-state index < -0.39 is 0 Å². The van der Waals surface area contributed by atoms with Gasteiger partial charge in [-0.25, -0.2) is 4.68 Å². The first-order valence-corrected chi connectivity index (χ1v) is 3.87. The second kappa shape index (κ2) is 2.95. The van der Waals surface area contributed by atoms with Gasteiger partial charge in [-0.2, -0.15) is 0 Å². The summed E-state index contributed by atoms with van der Waals surface area (Å²) in [6, 6.07) is 7.49. The van der Waals surface area contributed by atoms with Crippen molar-refractivity contribution in [3.05, 3.63) is 41.7 Å². The van der Waals surface area contributed by atoms with Gasteiger partial charge in [-0.15, -0.1) is 5.10 Å². The van der Waals surface area contributed by atoms with E-state index in [9.17, 15) is 0 Å². The summed E-state index contributed by atoms with van der Waals surface area (Å²) in [5.41, 5.74) is 0.844. The Morgan fingerprint density at radius 3 is 2.75 bits per heavy atom. The summed E-state index contributed by atoms with van der Waals surface area (Å²) in [5, 5.41) is 8.19. The molecule has 0 bridgehead atoms. The standard InChI is InChI=1S/C8H6ClN3/c9-7-3-1-2-4-8(7)12-6-5-10-11-12/h1-6H. The zero-order valence-corrected chi connectivity index (χ0v) is 6.94. The topological polar surface area (TPSA) is 30.7 Å². The molecular formula is C8H6ClN3. The van der Waals surface area contributed by atoms with E-state index in [2.05, 4.69) is 10.3 Å². The zero-order valence-electron chi connectivity index (χ0n) is 6.18. The molecular weight excluding hydrogens is 174 g/mol. The molecule has 0 radical (unpaired) electrons. The average molecular weight is 180 g/mol. The lowest BCUT2D eigenvalue weighted by Gasteiger charge is -2.00. The van der Waals surface area contributed by atoms with Crippen molar-refractivity contribution < 1.29 is 0 Å². The third kappa shape index (κ3) is 1.19. The second-order valence-corrected chi connectivity index (χ2v) is 2.71. The van der Waals surface area contributed by atoms with Gasteiger partial charge < -0.3 is 0 Å². The molecule has 0 fully saturated rings. The lowest BCUT2D eigenvalue weighted by atomic mass is 10.3. The van der Waals surface area contributed by atoms with E-state index in [1.807, 2.05) is 24.3 Å². The fraction of sp³-hybridized carbons (Fsp3) is 0. The Morgan fingerprint density at radius 1 is 1.25 bits per heavy atom. The highest BCUT2D eigenvalue weighted by Crippen LogP contribution is 2.17. The summed E-state index contributed by atoms with van der Waals surface area (Å²) in [6.45, 7) is 0. The number of para-hydroxylation sites is 1. The largest absolute Gasteiger partial charge is 0.219 e. The highest BCUT2D eigenvalue weighted by molar-refractivity contribution is 6.32. The van der Waals surface area contributed by atoms with Gasteiger partial charge in [0.2, 0.25) is 0 Å². The van der Waals surface area contributed by atoms with Crippen molar-refractivity contribution in [1.29, 1.82) is 0 Å². The van der Waals surface area contributed by atoms with Crippen molar-refractivity contribution in [1.82, 2.24) is 15.0 Å². The quantitative estimate of drug-likeness (QED) is 0.670. The van der Waals surface area contributed by atoms with E-state index in [1.165, 1.54) is 0 Å². The van der Waals surface area contributed by atoms with Crippen molar-refractivity contribution in [3.8, 4) is 5.69 Å². The molecule has 2 rings (SSSR count). The second-order valence-electron chi connectivity index (χ2n) is 2.30. The molecule has 1 heterocycles. The summed E-state index contributed by atoms with van der Waals surface area (Å²) in [7, 11) is 0. The van der Waals surface area contributed by atoms with Crippen LogP contribution in [0.2, 0.25) is 5.02 Å². The highest BCUT2D eigenvalue weighted by atomic mass is 35.5. The lowest BCUT2D eigenvalue weighted by molar-refractivity contribution is 0.803. The molecule has 2 aromatic rings. The van der Waals surface area contributed by atoms with Crippen LogP contribution in [0.4, 0.5) is 0 Å². The predicted molar refractivity (Wildman–Crippen MR) is 46.4 cm³/mol. The molecule has 60 valence electrons. The molecule has 0 saturated carbocycles. The third-order valence-electron chi connectivity index (χ3n) is 1.52. The van der Waals surface area contributed by atoms with Gasteiger partial charge >= 0.3 is 0 Å². The summed E-state index contributed by atoms with van der Waals surface area (Å²) in [6.07, 6.45) is 3.37. The average Bonchev–Trinajstić information content (AvgIpc) is 2.57. The summed E-state index contributed by atoms with van der Waals surface area (Å²) in [4.78, 5) is 0. The molecule has 0 spiro atoms. The fourth-order valence-electron chi connectivity index (χ4n) is 0.974. The molecule has 0 unspecified atom stereocenters. The van der Waals surface area contributed by atoms with Crippen LogP contribution in [0.3, 0.4) is 0 Å². The highest BCUT2D eigenvalue weighted by Gasteiger charge is 2.00. The van der Waals surface area contributed by atoms with Crippen molar-refractivity contribution in [2.45, 2.75) is 0 Å². The van der Waals surface area contributed by atoms with Gasteiger partial charge in [0.1, 0.15) is 0 Å². The Bertz CT molecular complexity index is 370. The van der Waals surface area contributed by atoms with Crippen molar-refractivity contribution in [2.75, 3.05) is 0 Å². The van der Waals surface area contributed by atoms with E-state index in [0.29, 0.717) is 5.02 Å². The first-order valence-electron chi connectivity index (χ1n) is 3.49. The van der Waals surface area contributed by atoms with Crippen LogP contribution in [-0.4, -0.2) is 15.0 Å². The Balaban J connectivity index is 2.55. The molecule has 1 aromatic carbocycles. The smallest absolute Gasteiger partial charge is 0.0849 e. The van der Waals surface area contributed by atoms with Gasteiger partial charge in [0.05, 0.1) is 23.1 Å². The molecule has 12 heavy (non-hydrogen) atoms. The molecule has 0 aliphatic carbocycles.